The van der Waals surface area contributed by atoms with Crippen molar-refractivity contribution in [1.82, 2.24) is 0 Å². The monoisotopic (exact) mass is 1110 g/mol. The summed E-state index contributed by atoms with van der Waals surface area (Å²) in [6.07, 6.45) is 1.03. The van der Waals surface area contributed by atoms with Gasteiger partial charge in [0.25, 0.3) is 0 Å². The van der Waals surface area contributed by atoms with E-state index in [9.17, 15) is 0 Å². The van der Waals surface area contributed by atoms with Crippen molar-refractivity contribution in [1.29, 1.82) is 0 Å². The molecule has 0 radical (unpaired) electrons. The number of anilines is 6. The van der Waals surface area contributed by atoms with Crippen LogP contribution in [0.3, 0.4) is 0 Å². The number of hydrogen-bond acceptors (Lipinski definition) is 2. The summed E-state index contributed by atoms with van der Waals surface area (Å²) in [7, 11) is 0. The average molecular weight is 1110 g/mol. The lowest BCUT2D eigenvalue weighted by Crippen LogP contribution is -2.23. The van der Waals surface area contributed by atoms with E-state index in [1.165, 1.54) is 106 Å². The van der Waals surface area contributed by atoms with E-state index in [2.05, 4.69) is 343 Å². The molecule has 86 heavy (non-hydrogen) atoms. The van der Waals surface area contributed by atoms with Gasteiger partial charge in [-0.3, -0.25) is 0 Å². The minimum absolute atomic E-state index is 0.00956. The van der Waals surface area contributed by atoms with Crippen LogP contribution in [0.1, 0.15) is 93.8 Å². The molecule has 0 saturated heterocycles. The fourth-order valence-corrected chi connectivity index (χ4v) is 15.2. The minimum Gasteiger partial charge on any atom is -0.310 e. The Morgan fingerprint density at radius 3 is 0.953 bits per heavy atom. The highest BCUT2D eigenvalue weighted by Gasteiger charge is 2.46. The molecule has 3 aliphatic rings. The molecule has 416 valence electrons. The molecule has 0 amide bonds. The molecule has 3 aliphatic carbocycles. The van der Waals surface area contributed by atoms with Crippen molar-refractivity contribution in [2.75, 3.05) is 9.80 Å². The van der Waals surface area contributed by atoms with Crippen LogP contribution >= 0.6 is 0 Å². The Bertz CT molecular complexity index is 4530. The maximum Gasteiger partial charge on any atom is 0.0465 e. The van der Waals surface area contributed by atoms with E-state index in [1.807, 2.05) is 0 Å². The molecule has 0 N–H and O–H groups in total. The van der Waals surface area contributed by atoms with Crippen LogP contribution in [0.5, 0.6) is 0 Å². The van der Waals surface area contributed by atoms with E-state index in [1.54, 1.807) is 0 Å². The molecular formula is C84H70N2. The maximum atomic E-state index is 2.49. The molecule has 0 aliphatic heterocycles. The van der Waals surface area contributed by atoms with Gasteiger partial charge in [-0.15, -0.1) is 0 Å². The van der Waals surface area contributed by atoms with Crippen molar-refractivity contribution in [2.24, 2.45) is 0 Å². The number of hydrogen-bond donors (Lipinski definition) is 0. The molecule has 1 unspecified atom stereocenters. The Hall–Kier alpha value is -9.76. The van der Waals surface area contributed by atoms with Crippen molar-refractivity contribution in [3.8, 4) is 66.8 Å². The van der Waals surface area contributed by atoms with Gasteiger partial charge in [0.1, 0.15) is 0 Å². The summed E-state index contributed by atoms with van der Waals surface area (Å²) in [6.45, 7) is 16.8. The largest absolute Gasteiger partial charge is 0.310 e. The smallest absolute Gasteiger partial charge is 0.0465 e. The first kappa shape index (κ1) is 53.0. The zero-order valence-electron chi connectivity index (χ0n) is 50.2. The lowest BCUT2D eigenvalue weighted by molar-refractivity contribution is 0.425. The van der Waals surface area contributed by atoms with Gasteiger partial charge in [-0.05, 0) is 196 Å². The van der Waals surface area contributed by atoms with Gasteiger partial charge in [0.15, 0.2) is 0 Å². The number of benzene rings is 12. The third-order valence-corrected chi connectivity index (χ3v) is 19.7. The SMILES string of the molecule is CC1(C)CC(C)(c2ccc(-c3ccc(N(c4ccc(-c5ccccc5)cc4)c4ccc5c(c4)C(C)(C)c4ccccc4-5)cc3)cc2)c2cc(-c3ccc(N(c4ccc(-c5ccccc5)cc4)c4ccc5c(c4)C(C)(C)c4ccccc4-5)cc3)ccc21. The molecule has 0 saturated carbocycles. The van der Waals surface area contributed by atoms with E-state index < -0.39 is 0 Å². The van der Waals surface area contributed by atoms with E-state index >= 15 is 0 Å². The van der Waals surface area contributed by atoms with Gasteiger partial charge < -0.3 is 9.80 Å². The fourth-order valence-electron chi connectivity index (χ4n) is 15.2. The van der Waals surface area contributed by atoms with Gasteiger partial charge in [-0.2, -0.15) is 0 Å². The molecule has 0 fully saturated rings. The molecular weight excluding hydrogens is 1040 g/mol. The van der Waals surface area contributed by atoms with Crippen LogP contribution < -0.4 is 9.80 Å². The molecule has 12 aromatic carbocycles. The van der Waals surface area contributed by atoms with E-state index in [-0.39, 0.29) is 21.7 Å². The third-order valence-electron chi connectivity index (χ3n) is 19.7. The quantitative estimate of drug-likeness (QED) is 0.127. The van der Waals surface area contributed by atoms with E-state index in [0.717, 1.165) is 40.5 Å². The van der Waals surface area contributed by atoms with Crippen LogP contribution in [0.25, 0.3) is 66.8 Å². The normalized spacial score (nSPS) is 16.1. The van der Waals surface area contributed by atoms with Gasteiger partial charge >= 0.3 is 0 Å². The summed E-state index contributed by atoms with van der Waals surface area (Å²) in [5, 5.41) is 0. The van der Waals surface area contributed by atoms with Crippen LogP contribution in [0.4, 0.5) is 34.1 Å². The summed E-state index contributed by atoms with van der Waals surface area (Å²) >= 11 is 0. The first-order valence-electron chi connectivity index (χ1n) is 30.6. The molecule has 0 spiro atoms. The van der Waals surface area contributed by atoms with E-state index in [4.69, 9.17) is 0 Å². The van der Waals surface area contributed by atoms with Crippen molar-refractivity contribution in [2.45, 2.75) is 76.5 Å². The lowest BCUT2D eigenvalue weighted by atomic mass is 9.74. The van der Waals surface area contributed by atoms with Crippen LogP contribution in [0, 0.1) is 0 Å². The highest BCUT2D eigenvalue weighted by molar-refractivity contribution is 5.89. The van der Waals surface area contributed by atoms with Crippen LogP contribution in [-0.4, -0.2) is 0 Å². The zero-order valence-corrected chi connectivity index (χ0v) is 50.2. The Balaban J connectivity index is 0.728. The molecule has 1 atom stereocenters. The molecule has 0 heterocycles. The topological polar surface area (TPSA) is 6.48 Å². The van der Waals surface area contributed by atoms with Crippen LogP contribution in [0.2, 0.25) is 0 Å². The summed E-state index contributed by atoms with van der Waals surface area (Å²) in [5.74, 6) is 0. The molecule has 0 bridgehead atoms. The second-order valence-electron chi connectivity index (χ2n) is 26.1. The number of nitrogens with zero attached hydrogens (tertiary/aromatic N) is 2. The first-order valence-corrected chi connectivity index (χ1v) is 30.6. The highest BCUT2D eigenvalue weighted by atomic mass is 15.1. The average Bonchev–Trinajstić information content (AvgIpc) is 1.86. The second-order valence-corrected chi connectivity index (χ2v) is 26.1. The second kappa shape index (κ2) is 20.2. The highest BCUT2D eigenvalue weighted by Crippen LogP contribution is 2.56. The molecule has 2 nitrogen and oxygen atoms in total. The van der Waals surface area contributed by atoms with Crippen LogP contribution in [0.15, 0.2) is 285 Å². The van der Waals surface area contributed by atoms with Gasteiger partial charge in [0.2, 0.25) is 0 Å². The number of rotatable bonds is 11. The Morgan fingerprint density at radius 1 is 0.233 bits per heavy atom. The summed E-state index contributed by atoms with van der Waals surface area (Å²) in [4.78, 5) is 4.84. The van der Waals surface area contributed by atoms with E-state index in [0.29, 0.717) is 0 Å². The Labute approximate surface area is 508 Å². The van der Waals surface area contributed by atoms with Crippen LogP contribution in [-0.2, 0) is 21.7 Å². The summed E-state index contributed by atoms with van der Waals surface area (Å²) in [5.41, 5.74) is 31.1. The third kappa shape index (κ3) is 8.76. The molecule has 12 aromatic rings. The molecule has 0 aromatic heterocycles. The summed E-state index contributed by atoms with van der Waals surface area (Å²) in [6, 6.07) is 106. The van der Waals surface area contributed by atoms with Crippen molar-refractivity contribution in [3.63, 3.8) is 0 Å². The first-order chi connectivity index (χ1) is 41.7. The zero-order chi connectivity index (χ0) is 58.5. The minimum atomic E-state index is -0.177. The Morgan fingerprint density at radius 2 is 0.547 bits per heavy atom. The van der Waals surface area contributed by atoms with Crippen molar-refractivity contribution < 1.29 is 0 Å². The molecule has 15 rings (SSSR count). The maximum absolute atomic E-state index is 2.49. The standard InChI is InChI=1S/C84H70N2/c1-81(2)55-84(7,64-37-26-58(27-38-64)61-32-43-67(44-33-61)85(65-39-28-59(29-40-65)56-18-10-8-11-19-56)69-47-49-73-71-22-14-16-24-75(71)82(3,4)78(73)53-69)80-52-63(36-51-77(80)81)62-34-45-68(46-35-62)86(66-41-30-60(31-42-66)57-20-12-9-13-21-57)70-48-50-74-72-23-15-17-25-76(72)83(5,6)79(74)54-70/h8-54H,55H2,1-7H3. The van der Waals surface area contributed by atoms with Gasteiger partial charge in [0, 0.05) is 50.4 Å². The number of fused-ring (bicyclic) bond motifs is 7. The predicted molar refractivity (Wildman–Crippen MR) is 363 cm³/mol. The predicted octanol–water partition coefficient (Wildman–Crippen LogP) is 22.9. The van der Waals surface area contributed by atoms with Gasteiger partial charge in [-0.1, -0.05) is 255 Å². The fraction of sp³-hybridized carbons (Fsp3) is 0.143. The van der Waals surface area contributed by atoms with Crippen molar-refractivity contribution in [3.05, 3.63) is 324 Å². The molecule has 2 heteroatoms. The summed E-state index contributed by atoms with van der Waals surface area (Å²) < 4.78 is 0. The van der Waals surface area contributed by atoms with Gasteiger partial charge in [0.05, 0.1) is 0 Å². The lowest BCUT2D eigenvalue weighted by Gasteiger charge is -2.29. The Kier molecular flexibility index (Phi) is 12.5. The van der Waals surface area contributed by atoms with Gasteiger partial charge in [-0.25, -0.2) is 0 Å². The van der Waals surface area contributed by atoms with Crippen molar-refractivity contribution >= 4 is 34.1 Å².